The minimum Gasteiger partial charge on any atom is -0.493 e. The van der Waals surface area contributed by atoms with E-state index in [0.717, 1.165) is 23.3 Å². The summed E-state index contributed by atoms with van der Waals surface area (Å²) in [5.74, 6) is -1.17. The fourth-order valence-corrected chi connectivity index (χ4v) is 2.45. The first-order chi connectivity index (χ1) is 12.0. The fraction of sp³-hybridized carbons (Fsp3) is 0.500. The van der Waals surface area contributed by atoms with Crippen molar-refractivity contribution in [3.05, 3.63) is 42.0 Å². The standard InChI is InChI=1S/C20H28O5/c1-5-9-16-14-15(4)11-12-18(16)25-13-8-10-17(19(21)23-6-2)20(22)24-7-3/h5,11-12,14,17H,1,6-10,13H2,2-4H3. The van der Waals surface area contributed by atoms with Crippen LogP contribution in [0.2, 0.25) is 0 Å². The maximum Gasteiger partial charge on any atom is 0.320 e. The molecule has 0 fully saturated rings. The average Bonchev–Trinajstić information content (AvgIpc) is 2.57. The van der Waals surface area contributed by atoms with Crippen LogP contribution in [0.4, 0.5) is 0 Å². The molecule has 1 rings (SSSR count). The Morgan fingerprint density at radius 1 is 1.16 bits per heavy atom. The van der Waals surface area contributed by atoms with Gasteiger partial charge in [0.1, 0.15) is 5.75 Å². The van der Waals surface area contributed by atoms with Gasteiger partial charge in [-0.25, -0.2) is 0 Å². The Morgan fingerprint density at radius 3 is 2.36 bits per heavy atom. The Bertz CT molecular complexity index is 561. The lowest BCUT2D eigenvalue weighted by atomic mass is 10.0. The molecule has 0 unspecified atom stereocenters. The van der Waals surface area contributed by atoms with Crippen molar-refractivity contribution in [2.24, 2.45) is 5.92 Å². The summed E-state index contributed by atoms with van der Waals surface area (Å²) in [6.07, 6.45) is 3.44. The van der Waals surface area contributed by atoms with Gasteiger partial charge in [-0.3, -0.25) is 9.59 Å². The Balaban J connectivity index is 2.60. The van der Waals surface area contributed by atoms with Crippen molar-refractivity contribution in [2.45, 2.75) is 40.0 Å². The van der Waals surface area contributed by atoms with E-state index in [1.54, 1.807) is 13.8 Å². The molecule has 25 heavy (non-hydrogen) atoms. The summed E-state index contributed by atoms with van der Waals surface area (Å²) in [6.45, 7) is 10.1. The lowest BCUT2D eigenvalue weighted by Gasteiger charge is -2.15. The van der Waals surface area contributed by atoms with Crippen LogP contribution in [0.25, 0.3) is 0 Å². The molecule has 0 heterocycles. The second-order valence-corrected chi connectivity index (χ2v) is 5.65. The van der Waals surface area contributed by atoms with E-state index in [4.69, 9.17) is 14.2 Å². The van der Waals surface area contributed by atoms with E-state index in [1.807, 2.05) is 25.1 Å². The summed E-state index contributed by atoms with van der Waals surface area (Å²) in [4.78, 5) is 23.9. The zero-order chi connectivity index (χ0) is 18.7. The van der Waals surface area contributed by atoms with Gasteiger partial charge < -0.3 is 14.2 Å². The molecule has 0 aliphatic carbocycles. The van der Waals surface area contributed by atoms with Crippen LogP contribution in [0.15, 0.2) is 30.9 Å². The molecule has 0 radical (unpaired) electrons. The van der Waals surface area contributed by atoms with Crippen LogP contribution in [0.5, 0.6) is 5.75 Å². The van der Waals surface area contributed by atoms with Crippen LogP contribution in [0, 0.1) is 12.8 Å². The first-order valence-electron chi connectivity index (χ1n) is 8.69. The monoisotopic (exact) mass is 348 g/mol. The first kappa shape index (κ1) is 20.7. The zero-order valence-electron chi connectivity index (χ0n) is 15.4. The summed E-state index contributed by atoms with van der Waals surface area (Å²) in [5.41, 5.74) is 2.23. The molecule has 5 nitrogen and oxygen atoms in total. The van der Waals surface area contributed by atoms with Crippen molar-refractivity contribution in [1.29, 1.82) is 0 Å². The second-order valence-electron chi connectivity index (χ2n) is 5.65. The third-order valence-corrected chi connectivity index (χ3v) is 3.62. The predicted molar refractivity (Wildman–Crippen MR) is 96.6 cm³/mol. The van der Waals surface area contributed by atoms with E-state index in [9.17, 15) is 9.59 Å². The summed E-state index contributed by atoms with van der Waals surface area (Å²) < 4.78 is 15.7. The first-order valence-corrected chi connectivity index (χ1v) is 8.69. The number of carbonyl (C=O) groups excluding carboxylic acids is 2. The molecule has 0 aliphatic heterocycles. The molecule has 0 aromatic heterocycles. The van der Waals surface area contributed by atoms with Crippen molar-refractivity contribution < 1.29 is 23.8 Å². The predicted octanol–water partition coefficient (Wildman–Crippen LogP) is 3.62. The minimum absolute atomic E-state index is 0.236. The molecule has 0 amide bonds. The highest BCUT2D eigenvalue weighted by molar-refractivity contribution is 5.94. The molecule has 0 aliphatic rings. The Morgan fingerprint density at radius 2 is 1.80 bits per heavy atom. The zero-order valence-corrected chi connectivity index (χ0v) is 15.4. The van der Waals surface area contributed by atoms with E-state index in [0.29, 0.717) is 19.4 Å². The summed E-state index contributed by atoms with van der Waals surface area (Å²) in [7, 11) is 0. The molecule has 0 saturated heterocycles. The molecule has 0 bridgehead atoms. The van der Waals surface area contributed by atoms with Crippen molar-refractivity contribution in [2.75, 3.05) is 19.8 Å². The second kappa shape index (κ2) is 11.3. The van der Waals surface area contributed by atoms with Crippen LogP contribution >= 0.6 is 0 Å². The lowest BCUT2D eigenvalue weighted by molar-refractivity contribution is -0.162. The molecule has 0 spiro atoms. The third-order valence-electron chi connectivity index (χ3n) is 3.62. The van der Waals surface area contributed by atoms with Crippen molar-refractivity contribution in [1.82, 2.24) is 0 Å². The maximum absolute atomic E-state index is 11.9. The largest absolute Gasteiger partial charge is 0.493 e. The van der Waals surface area contributed by atoms with Crippen LogP contribution in [-0.2, 0) is 25.5 Å². The highest BCUT2D eigenvalue weighted by Crippen LogP contribution is 2.22. The van der Waals surface area contributed by atoms with Gasteiger partial charge in [-0.05, 0) is 51.7 Å². The molecular weight excluding hydrogens is 320 g/mol. The Kier molecular flexibility index (Phi) is 9.37. The van der Waals surface area contributed by atoms with E-state index in [-0.39, 0.29) is 13.2 Å². The number of aryl methyl sites for hydroxylation is 1. The van der Waals surface area contributed by atoms with Gasteiger partial charge in [-0.2, -0.15) is 0 Å². The summed E-state index contributed by atoms with van der Waals surface area (Å²) >= 11 is 0. The Hall–Kier alpha value is -2.30. The number of hydrogen-bond acceptors (Lipinski definition) is 5. The van der Waals surface area contributed by atoms with E-state index in [1.165, 1.54) is 0 Å². The fourth-order valence-electron chi connectivity index (χ4n) is 2.45. The van der Waals surface area contributed by atoms with Gasteiger partial charge >= 0.3 is 11.9 Å². The van der Waals surface area contributed by atoms with Gasteiger partial charge in [0, 0.05) is 0 Å². The number of benzene rings is 1. The van der Waals surface area contributed by atoms with E-state index >= 15 is 0 Å². The van der Waals surface area contributed by atoms with Gasteiger partial charge in [0.2, 0.25) is 0 Å². The van der Waals surface area contributed by atoms with E-state index in [2.05, 4.69) is 12.6 Å². The van der Waals surface area contributed by atoms with Gasteiger partial charge in [0.25, 0.3) is 0 Å². The number of carbonyl (C=O) groups is 2. The van der Waals surface area contributed by atoms with Gasteiger partial charge in [0.05, 0.1) is 19.8 Å². The molecule has 138 valence electrons. The number of esters is 2. The van der Waals surface area contributed by atoms with Crippen LogP contribution in [0.1, 0.15) is 37.8 Å². The Labute approximate surface area is 150 Å². The molecule has 0 atom stereocenters. The highest BCUT2D eigenvalue weighted by atomic mass is 16.6. The van der Waals surface area contributed by atoms with Crippen LogP contribution < -0.4 is 4.74 Å². The third kappa shape index (κ3) is 6.99. The molecule has 0 saturated carbocycles. The molecule has 0 N–H and O–H groups in total. The van der Waals surface area contributed by atoms with E-state index < -0.39 is 17.9 Å². The van der Waals surface area contributed by atoms with Crippen LogP contribution in [0.3, 0.4) is 0 Å². The smallest absolute Gasteiger partial charge is 0.320 e. The van der Waals surface area contributed by atoms with Crippen molar-refractivity contribution in [3.8, 4) is 5.75 Å². The SMILES string of the molecule is C=CCc1cc(C)ccc1OCCCC(C(=O)OCC)C(=O)OCC. The molecule has 1 aromatic carbocycles. The average molecular weight is 348 g/mol. The van der Waals surface area contributed by atoms with Crippen molar-refractivity contribution in [3.63, 3.8) is 0 Å². The van der Waals surface area contributed by atoms with Gasteiger partial charge in [-0.15, -0.1) is 6.58 Å². The minimum atomic E-state index is -0.894. The van der Waals surface area contributed by atoms with Crippen LogP contribution in [-0.4, -0.2) is 31.8 Å². The maximum atomic E-state index is 11.9. The number of allylic oxidation sites excluding steroid dienone is 1. The molecular formula is C20H28O5. The lowest BCUT2D eigenvalue weighted by Crippen LogP contribution is -2.28. The summed E-state index contributed by atoms with van der Waals surface area (Å²) in [5, 5.41) is 0. The topological polar surface area (TPSA) is 61.8 Å². The normalized spacial score (nSPS) is 10.4. The molecule has 5 heteroatoms. The number of hydrogen-bond donors (Lipinski definition) is 0. The van der Waals surface area contributed by atoms with Crippen molar-refractivity contribution >= 4 is 11.9 Å². The molecule has 1 aromatic rings. The van der Waals surface area contributed by atoms with Gasteiger partial charge in [-0.1, -0.05) is 23.8 Å². The van der Waals surface area contributed by atoms with Gasteiger partial charge in [0.15, 0.2) is 5.92 Å². The highest BCUT2D eigenvalue weighted by Gasteiger charge is 2.28. The number of rotatable bonds is 11. The quantitative estimate of drug-likeness (QED) is 0.264. The number of ether oxygens (including phenoxy) is 3. The summed E-state index contributed by atoms with van der Waals surface area (Å²) in [6, 6.07) is 5.99.